The average molecular weight is 373 g/mol. The maximum absolute atomic E-state index is 13.0. The van der Waals surface area contributed by atoms with Gasteiger partial charge in [0.15, 0.2) is 0 Å². The largest absolute Gasteiger partial charge is 0.497 e. The summed E-state index contributed by atoms with van der Waals surface area (Å²) in [6.45, 7) is 0. The van der Waals surface area contributed by atoms with Crippen molar-refractivity contribution in [2.75, 3.05) is 19.5 Å². The summed E-state index contributed by atoms with van der Waals surface area (Å²) < 4.78 is 12.2. The van der Waals surface area contributed by atoms with Crippen molar-refractivity contribution in [3.8, 4) is 17.2 Å². The van der Waals surface area contributed by atoms with E-state index in [1.165, 1.54) is 0 Å². The summed E-state index contributed by atoms with van der Waals surface area (Å²) in [6, 6.07) is 20.5. The highest BCUT2D eigenvalue weighted by atomic mass is 16.5. The summed E-state index contributed by atoms with van der Waals surface area (Å²) in [5, 5.41) is 3.83. The third-order valence-electron chi connectivity index (χ3n) is 4.43. The fraction of sp³-hybridized carbons (Fsp3) is 0.0909. The summed E-state index contributed by atoms with van der Waals surface area (Å²) >= 11 is 0. The molecule has 0 radical (unpaired) electrons. The Labute approximate surface area is 162 Å². The molecule has 0 saturated carbocycles. The van der Waals surface area contributed by atoms with Crippen LogP contribution >= 0.6 is 0 Å². The number of hydrogen-bond donors (Lipinski definition) is 1. The predicted molar refractivity (Wildman–Crippen MR) is 110 cm³/mol. The Morgan fingerprint density at radius 2 is 1.57 bits per heavy atom. The molecule has 0 spiro atoms. The Bertz CT molecular complexity index is 1160. The molecular formula is C22H19N3O3. The van der Waals surface area contributed by atoms with E-state index >= 15 is 0 Å². The lowest BCUT2D eigenvalue weighted by Gasteiger charge is -2.12. The van der Waals surface area contributed by atoms with Gasteiger partial charge in [-0.2, -0.15) is 0 Å². The summed E-state index contributed by atoms with van der Waals surface area (Å²) in [5.74, 6) is 1.35. The van der Waals surface area contributed by atoms with Gasteiger partial charge in [0.25, 0.3) is 5.56 Å². The van der Waals surface area contributed by atoms with Crippen LogP contribution in [0, 0.1) is 0 Å². The minimum absolute atomic E-state index is 0.122. The van der Waals surface area contributed by atoms with Crippen molar-refractivity contribution in [2.45, 2.75) is 0 Å². The Hall–Kier alpha value is -3.80. The number of hydrogen-bond acceptors (Lipinski definition) is 5. The average Bonchev–Trinajstić information content (AvgIpc) is 2.74. The monoisotopic (exact) mass is 373 g/mol. The van der Waals surface area contributed by atoms with E-state index in [0.29, 0.717) is 22.4 Å². The van der Waals surface area contributed by atoms with Crippen molar-refractivity contribution in [3.05, 3.63) is 83.4 Å². The molecule has 0 fully saturated rings. The number of methoxy groups -OCH3 is 2. The van der Waals surface area contributed by atoms with Crippen LogP contribution in [-0.4, -0.2) is 23.8 Å². The van der Waals surface area contributed by atoms with Gasteiger partial charge in [0.05, 0.1) is 30.8 Å². The zero-order valence-corrected chi connectivity index (χ0v) is 15.5. The number of aromatic nitrogens is 2. The van der Waals surface area contributed by atoms with Crippen LogP contribution < -0.4 is 20.3 Å². The van der Waals surface area contributed by atoms with E-state index in [1.54, 1.807) is 37.2 Å². The van der Waals surface area contributed by atoms with Gasteiger partial charge < -0.3 is 14.8 Å². The standard InChI is InChI=1S/C22H19N3O3/c1-27-18-10-16(11-19(13-18)28-2)24-15-8-9-21-20(12-15)22(26)25(14-23-21)17-6-4-3-5-7-17/h3-14,24H,1-2H3. The van der Waals surface area contributed by atoms with Gasteiger partial charge in [-0.05, 0) is 30.3 Å². The molecule has 0 saturated heterocycles. The minimum Gasteiger partial charge on any atom is -0.497 e. The van der Waals surface area contributed by atoms with Gasteiger partial charge in [-0.3, -0.25) is 9.36 Å². The van der Waals surface area contributed by atoms with Crippen LogP contribution in [0.1, 0.15) is 0 Å². The van der Waals surface area contributed by atoms with E-state index in [0.717, 1.165) is 17.1 Å². The van der Waals surface area contributed by atoms with Crippen LogP contribution in [0.2, 0.25) is 0 Å². The van der Waals surface area contributed by atoms with Crippen molar-refractivity contribution in [2.24, 2.45) is 0 Å². The van der Waals surface area contributed by atoms with E-state index in [1.807, 2.05) is 54.6 Å². The van der Waals surface area contributed by atoms with Crippen LogP contribution in [-0.2, 0) is 0 Å². The Balaban J connectivity index is 1.75. The summed E-state index contributed by atoms with van der Waals surface area (Å²) in [5.41, 5.74) is 2.86. The molecule has 0 unspecified atom stereocenters. The van der Waals surface area contributed by atoms with Crippen LogP contribution in [0.4, 0.5) is 11.4 Å². The Morgan fingerprint density at radius 1 is 0.857 bits per heavy atom. The number of fused-ring (bicyclic) bond motifs is 1. The number of anilines is 2. The first-order chi connectivity index (χ1) is 13.7. The third-order valence-corrected chi connectivity index (χ3v) is 4.43. The van der Waals surface area contributed by atoms with Crippen LogP contribution in [0.3, 0.4) is 0 Å². The molecule has 6 nitrogen and oxygen atoms in total. The van der Waals surface area contributed by atoms with Gasteiger partial charge in [0.1, 0.15) is 17.8 Å². The molecule has 0 aliphatic carbocycles. The van der Waals surface area contributed by atoms with Gasteiger partial charge in [-0.25, -0.2) is 4.98 Å². The van der Waals surface area contributed by atoms with Gasteiger partial charge in [0, 0.05) is 29.6 Å². The van der Waals surface area contributed by atoms with Gasteiger partial charge in [-0.1, -0.05) is 18.2 Å². The second-order valence-corrected chi connectivity index (χ2v) is 6.21. The topological polar surface area (TPSA) is 65.4 Å². The molecule has 4 rings (SSSR count). The van der Waals surface area contributed by atoms with E-state index in [4.69, 9.17) is 9.47 Å². The first kappa shape index (κ1) is 17.6. The molecule has 140 valence electrons. The molecule has 3 aromatic carbocycles. The van der Waals surface area contributed by atoms with Crippen molar-refractivity contribution >= 4 is 22.3 Å². The second-order valence-electron chi connectivity index (χ2n) is 6.21. The molecule has 1 aromatic heterocycles. The maximum atomic E-state index is 13.0. The van der Waals surface area contributed by atoms with Crippen molar-refractivity contribution in [1.29, 1.82) is 0 Å². The van der Waals surface area contributed by atoms with E-state index in [2.05, 4.69) is 10.3 Å². The van der Waals surface area contributed by atoms with Crippen molar-refractivity contribution < 1.29 is 9.47 Å². The molecule has 0 aliphatic heterocycles. The van der Waals surface area contributed by atoms with Gasteiger partial charge in [-0.15, -0.1) is 0 Å². The quantitative estimate of drug-likeness (QED) is 0.569. The molecular weight excluding hydrogens is 354 g/mol. The molecule has 1 heterocycles. The highest BCUT2D eigenvalue weighted by Gasteiger charge is 2.08. The zero-order chi connectivity index (χ0) is 19.5. The second kappa shape index (κ2) is 7.44. The summed E-state index contributed by atoms with van der Waals surface area (Å²) in [4.78, 5) is 17.4. The first-order valence-electron chi connectivity index (χ1n) is 8.75. The summed E-state index contributed by atoms with van der Waals surface area (Å²) in [6.07, 6.45) is 1.56. The lowest BCUT2D eigenvalue weighted by Crippen LogP contribution is -2.18. The van der Waals surface area contributed by atoms with Gasteiger partial charge >= 0.3 is 0 Å². The third kappa shape index (κ3) is 3.40. The maximum Gasteiger partial charge on any atom is 0.265 e. The van der Waals surface area contributed by atoms with Crippen LogP contribution in [0.5, 0.6) is 11.5 Å². The van der Waals surface area contributed by atoms with Gasteiger partial charge in [0.2, 0.25) is 0 Å². The summed E-state index contributed by atoms with van der Waals surface area (Å²) in [7, 11) is 3.21. The smallest absolute Gasteiger partial charge is 0.265 e. The number of benzene rings is 3. The Morgan fingerprint density at radius 3 is 2.25 bits per heavy atom. The number of rotatable bonds is 5. The fourth-order valence-corrected chi connectivity index (χ4v) is 3.02. The number of nitrogens with one attached hydrogen (secondary N) is 1. The lowest BCUT2D eigenvalue weighted by molar-refractivity contribution is 0.395. The van der Waals surface area contributed by atoms with Crippen LogP contribution in [0.15, 0.2) is 77.9 Å². The molecule has 0 atom stereocenters. The molecule has 0 aliphatic rings. The number of nitrogens with zero attached hydrogens (tertiary/aromatic N) is 2. The zero-order valence-electron chi connectivity index (χ0n) is 15.5. The molecule has 0 amide bonds. The molecule has 4 aromatic rings. The minimum atomic E-state index is -0.122. The van der Waals surface area contributed by atoms with E-state index < -0.39 is 0 Å². The Kier molecular flexibility index (Phi) is 4.68. The first-order valence-corrected chi connectivity index (χ1v) is 8.75. The highest BCUT2D eigenvalue weighted by molar-refractivity contribution is 5.83. The van der Waals surface area contributed by atoms with E-state index in [-0.39, 0.29) is 5.56 Å². The van der Waals surface area contributed by atoms with Crippen molar-refractivity contribution in [3.63, 3.8) is 0 Å². The normalized spacial score (nSPS) is 10.6. The molecule has 6 heteroatoms. The fourth-order valence-electron chi connectivity index (χ4n) is 3.02. The van der Waals surface area contributed by atoms with E-state index in [9.17, 15) is 4.79 Å². The molecule has 28 heavy (non-hydrogen) atoms. The van der Waals surface area contributed by atoms with Crippen molar-refractivity contribution in [1.82, 2.24) is 9.55 Å². The number of para-hydroxylation sites is 1. The van der Waals surface area contributed by atoms with Crippen LogP contribution in [0.25, 0.3) is 16.6 Å². The molecule has 1 N–H and O–H groups in total. The highest BCUT2D eigenvalue weighted by Crippen LogP contribution is 2.28. The predicted octanol–water partition coefficient (Wildman–Crippen LogP) is 4.15. The number of ether oxygens (including phenoxy) is 2. The lowest BCUT2D eigenvalue weighted by atomic mass is 10.2. The molecule has 0 bridgehead atoms. The SMILES string of the molecule is COc1cc(Nc2ccc3ncn(-c4ccccc4)c(=O)c3c2)cc(OC)c1.